The second-order valence-corrected chi connectivity index (χ2v) is 20.6. The Kier molecular flexibility index (Phi) is 27.3. The zero-order valence-electron chi connectivity index (χ0n) is 51.6. The van der Waals surface area contributed by atoms with Crippen LogP contribution in [0.25, 0.3) is 0 Å². The summed E-state index contributed by atoms with van der Waals surface area (Å²) < 4.78 is 21.8. The number of carboxylic acid groups (broad SMARTS) is 1. The van der Waals surface area contributed by atoms with E-state index in [4.69, 9.17) is 52.4 Å². The second-order valence-electron chi connectivity index (χ2n) is 20.6. The number of amides is 8. The number of phenols is 1. The van der Waals surface area contributed by atoms with Gasteiger partial charge in [-0.05, 0) is 129 Å². The summed E-state index contributed by atoms with van der Waals surface area (Å²) in [6, 6.07) is 17.0. The van der Waals surface area contributed by atoms with Gasteiger partial charge in [-0.1, -0.05) is 12.1 Å². The summed E-state index contributed by atoms with van der Waals surface area (Å²) in [5, 5.41) is 71.6. The zero-order valence-corrected chi connectivity index (χ0v) is 51.6. The first kappa shape index (κ1) is 71.9. The molecule has 8 amide bonds. The minimum Gasteiger partial charge on any atom is -0.508 e. The molecule has 0 aromatic heterocycles. The van der Waals surface area contributed by atoms with Crippen molar-refractivity contribution < 1.29 is 72.3 Å². The van der Waals surface area contributed by atoms with Gasteiger partial charge in [-0.15, -0.1) is 0 Å². The van der Waals surface area contributed by atoms with Crippen LogP contribution in [0.1, 0.15) is 92.4 Å². The Morgan fingerprint density at radius 2 is 0.710 bits per heavy atom. The normalized spacial score (nSPS) is 11.8. The van der Waals surface area contributed by atoms with E-state index in [1.807, 2.05) is 0 Å². The third-order valence-corrected chi connectivity index (χ3v) is 13.7. The fraction of sp³-hybridized carbons (Fsp3) is 0.311. The molecule has 0 saturated heterocycles. The number of nitrogens with one attached hydrogen (secondary N) is 14. The predicted octanol–water partition coefficient (Wildman–Crippen LogP) is 1.81. The molecule has 5 rings (SSSR count). The standard InChI is InChI=1S/C61H77N17O15/c1-32(79)71-34-14-20-47(90-2)39(28-34)51(81)75-43(9-6-24-68-59(62)63)55(85)72-35-15-21-48(91-3)40(29-35)52(82)76-44(10-7-25-69-60(64)65)56(86)73-36-16-22-49(92-4)41(30-36)53(83)77-45(11-8-26-70-61(66)67)57(87)74-37-17-23-50(93-5)42(31-37)54(84)78-46(58(88)89)27-33-12-18-38(80)19-13-33/h12-23,28-31,43-46,80H,6-11,24-27H2,1-5H3,(H,71,79)(H,72,85)(H,73,86)(H,74,87)(H,75,81)(H,76,82)(H,77,83)(H,78,84)(H,88,89)(H4,62,63,68)(H4,64,65,69)(H4,66,67,70)/t43-,44-,45-,46+/m0/s1. The van der Waals surface area contributed by atoms with Crippen molar-refractivity contribution in [3.63, 3.8) is 0 Å². The fourth-order valence-corrected chi connectivity index (χ4v) is 9.15. The number of carbonyl (C=O) groups is 9. The molecule has 32 nitrogen and oxygen atoms in total. The van der Waals surface area contributed by atoms with Crippen LogP contribution in [-0.2, 0) is 30.4 Å². The van der Waals surface area contributed by atoms with Gasteiger partial charge in [-0.25, -0.2) is 4.79 Å². The van der Waals surface area contributed by atoms with Gasteiger partial charge in [0, 0.05) is 55.7 Å². The van der Waals surface area contributed by atoms with E-state index in [1.165, 1.54) is 132 Å². The lowest BCUT2D eigenvalue weighted by Gasteiger charge is -2.22. The molecule has 0 aliphatic carbocycles. The summed E-state index contributed by atoms with van der Waals surface area (Å²) in [6.45, 7) is 1.67. The van der Waals surface area contributed by atoms with Crippen molar-refractivity contribution in [2.75, 3.05) is 69.3 Å². The minimum absolute atomic E-state index is 0.00502. The van der Waals surface area contributed by atoms with Gasteiger partial charge in [0.25, 0.3) is 23.6 Å². The number of methoxy groups -OCH3 is 4. The maximum atomic E-state index is 14.4. The molecule has 0 bridgehead atoms. The second kappa shape index (κ2) is 35.4. The van der Waals surface area contributed by atoms with Gasteiger partial charge < -0.3 is 105 Å². The van der Waals surface area contributed by atoms with Gasteiger partial charge in [0.1, 0.15) is 52.9 Å². The molecule has 0 spiro atoms. The lowest BCUT2D eigenvalue weighted by Crippen LogP contribution is -2.45. The summed E-state index contributed by atoms with van der Waals surface area (Å²) in [5.74, 6) is -8.21. The average Bonchev–Trinajstić information content (AvgIpc) is 1.05. The molecule has 32 heteroatoms. The number of benzene rings is 5. The summed E-state index contributed by atoms with van der Waals surface area (Å²) in [6.07, 6.45) is 0.356. The van der Waals surface area contributed by atoms with Crippen molar-refractivity contribution in [2.45, 2.75) is 76.0 Å². The van der Waals surface area contributed by atoms with E-state index in [0.29, 0.717) is 5.56 Å². The lowest BCUT2D eigenvalue weighted by atomic mass is 10.0. The molecular weight excluding hydrogens is 1210 g/mol. The van der Waals surface area contributed by atoms with Gasteiger partial charge >= 0.3 is 5.97 Å². The maximum absolute atomic E-state index is 14.4. The number of anilines is 4. The number of phenolic OH excluding ortho intramolecular Hbond substituents is 1. The van der Waals surface area contributed by atoms with Gasteiger partial charge in [-0.3, -0.25) is 54.6 Å². The molecular formula is C61H77N17O15. The van der Waals surface area contributed by atoms with Crippen LogP contribution in [0, 0.1) is 16.2 Å². The smallest absolute Gasteiger partial charge is 0.326 e. The summed E-state index contributed by atoms with van der Waals surface area (Å²) in [4.78, 5) is 123. The lowest BCUT2D eigenvalue weighted by molar-refractivity contribution is -0.139. The van der Waals surface area contributed by atoms with Crippen LogP contribution in [0.5, 0.6) is 28.7 Å². The van der Waals surface area contributed by atoms with E-state index in [9.17, 15) is 53.4 Å². The van der Waals surface area contributed by atoms with Gasteiger partial charge in [0.05, 0.1) is 50.7 Å². The largest absolute Gasteiger partial charge is 0.508 e. The van der Waals surface area contributed by atoms with Gasteiger partial charge in [0.15, 0.2) is 17.9 Å². The van der Waals surface area contributed by atoms with Crippen LogP contribution in [-0.4, -0.2) is 154 Å². The highest BCUT2D eigenvalue weighted by atomic mass is 16.5. The van der Waals surface area contributed by atoms with E-state index in [0.717, 1.165) is 0 Å². The molecule has 4 atom stereocenters. The molecule has 5 aromatic rings. The average molecular weight is 1290 g/mol. The van der Waals surface area contributed by atoms with Crippen molar-refractivity contribution in [3.8, 4) is 28.7 Å². The zero-order chi connectivity index (χ0) is 68.3. The van der Waals surface area contributed by atoms with E-state index >= 15 is 0 Å². The van der Waals surface area contributed by atoms with Crippen molar-refractivity contribution in [1.82, 2.24) is 37.2 Å². The first-order valence-corrected chi connectivity index (χ1v) is 28.7. The molecule has 0 aliphatic rings. The van der Waals surface area contributed by atoms with Crippen molar-refractivity contribution in [2.24, 2.45) is 17.2 Å². The highest BCUT2D eigenvalue weighted by Gasteiger charge is 2.30. The molecule has 0 aliphatic heterocycles. The highest BCUT2D eigenvalue weighted by molar-refractivity contribution is 6.08. The fourth-order valence-electron chi connectivity index (χ4n) is 9.15. The summed E-state index contributed by atoms with van der Waals surface area (Å²) in [7, 11) is 5.20. The number of hydrogen-bond acceptors (Lipinski definition) is 17. The van der Waals surface area contributed by atoms with E-state index in [2.05, 4.69) is 58.5 Å². The Labute approximate surface area is 534 Å². The number of carboxylic acids is 1. The van der Waals surface area contributed by atoms with Crippen molar-refractivity contribution >= 4 is 93.9 Å². The molecule has 0 heterocycles. The van der Waals surface area contributed by atoms with Crippen LogP contribution in [0.4, 0.5) is 22.7 Å². The first-order chi connectivity index (χ1) is 44.3. The Bertz CT molecular complexity index is 3570. The van der Waals surface area contributed by atoms with Gasteiger partial charge in [0.2, 0.25) is 23.6 Å². The van der Waals surface area contributed by atoms with E-state index in [1.54, 1.807) is 0 Å². The van der Waals surface area contributed by atoms with E-state index in [-0.39, 0.29) is 156 Å². The van der Waals surface area contributed by atoms with Gasteiger partial charge in [-0.2, -0.15) is 0 Å². The number of guanidine groups is 3. The van der Waals surface area contributed by atoms with Crippen molar-refractivity contribution in [1.29, 1.82) is 16.2 Å². The number of rotatable bonds is 34. The summed E-state index contributed by atoms with van der Waals surface area (Å²) in [5.41, 5.74) is 16.9. The molecule has 5 aromatic carbocycles. The monoisotopic (exact) mass is 1290 g/mol. The van der Waals surface area contributed by atoms with Crippen molar-refractivity contribution in [3.05, 3.63) is 125 Å². The molecule has 0 saturated carbocycles. The predicted molar refractivity (Wildman–Crippen MR) is 344 cm³/mol. The molecule has 496 valence electrons. The molecule has 0 radical (unpaired) electrons. The number of aliphatic carboxylic acids is 1. The van der Waals surface area contributed by atoms with Crippen LogP contribution < -0.4 is 94.6 Å². The van der Waals surface area contributed by atoms with Crippen LogP contribution in [0.3, 0.4) is 0 Å². The Morgan fingerprint density at radius 3 is 0.968 bits per heavy atom. The number of ether oxygens (including phenoxy) is 4. The third-order valence-electron chi connectivity index (χ3n) is 13.7. The quantitative estimate of drug-likeness (QED) is 0.0159. The summed E-state index contributed by atoms with van der Waals surface area (Å²) >= 11 is 0. The number of nitrogens with two attached hydrogens (primary N) is 3. The molecule has 93 heavy (non-hydrogen) atoms. The topological polar surface area (TPSA) is 513 Å². The Balaban J connectivity index is 1.38. The molecule has 0 fully saturated rings. The third kappa shape index (κ3) is 22.6. The minimum atomic E-state index is -1.42. The van der Waals surface area contributed by atoms with Crippen LogP contribution >= 0.6 is 0 Å². The van der Waals surface area contributed by atoms with Crippen LogP contribution in [0.15, 0.2) is 97.1 Å². The Hall–Kier alpha value is -11.9. The Morgan fingerprint density at radius 1 is 0.430 bits per heavy atom. The van der Waals surface area contributed by atoms with Crippen LogP contribution in [0.2, 0.25) is 0 Å². The maximum Gasteiger partial charge on any atom is 0.326 e. The highest BCUT2D eigenvalue weighted by Crippen LogP contribution is 2.28. The van der Waals surface area contributed by atoms with E-state index < -0.39 is 77.4 Å². The first-order valence-electron chi connectivity index (χ1n) is 28.7. The number of carbonyl (C=O) groups excluding carboxylic acids is 8. The number of hydrogen-bond donors (Lipinski definition) is 19. The molecule has 22 N–H and O–H groups in total. The number of aromatic hydroxyl groups is 1. The SMILES string of the molecule is COc1ccc(NC(C)=O)cc1C(=O)N[C@@H](CCCNC(=N)N)C(=O)Nc1ccc(OC)c(C(=O)N[C@@H](CCCNC(=N)N)C(=O)Nc2ccc(OC)c(C(=O)N[C@@H](CCCNC(=N)N)C(=O)Nc3ccc(OC)c(C(=O)N[C@H](Cc4ccc(O)cc4)C(=O)O)c3)c2)c1. The molecule has 0 unspecified atom stereocenters.